The number of oxazole rings is 1. The van der Waals surface area contributed by atoms with Crippen LogP contribution < -0.4 is 5.76 Å². The molecule has 27 heavy (non-hydrogen) atoms. The van der Waals surface area contributed by atoms with E-state index in [1.54, 1.807) is 12.1 Å². The number of aromatic amines is 1. The first-order valence-corrected chi connectivity index (χ1v) is 10.1. The molecule has 8 heteroatoms. The number of fused-ring (bicyclic) bond motifs is 1. The van der Waals surface area contributed by atoms with E-state index in [0.29, 0.717) is 23.9 Å². The maximum atomic E-state index is 13.1. The third-order valence-electron chi connectivity index (χ3n) is 4.84. The molecule has 1 atom stereocenters. The van der Waals surface area contributed by atoms with E-state index in [4.69, 9.17) is 4.42 Å². The number of nitrogens with zero attached hydrogens (tertiary/aromatic N) is 1. The predicted molar refractivity (Wildman–Crippen MR) is 99.3 cm³/mol. The van der Waals surface area contributed by atoms with Crippen molar-refractivity contribution in [3.05, 3.63) is 64.1 Å². The summed E-state index contributed by atoms with van der Waals surface area (Å²) in [5.74, 6) is -0.849. The van der Waals surface area contributed by atoms with Crippen LogP contribution in [-0.4, -0.2) is 36.1 Å². The molecule has 1 unspecified atom stereocenters. The molecule has 0 radical (unpaired) electrons. The zero-order chi connectivity index (χ0) is 19.2. The summed E-state index contributed by atoms with van der Waals surface area (Å²) < 4.78 is 32.5. The molecule has 0 saturated carbocycles. The monoisotopic (exact) mass is 386 g/mol. The van der Waals surface area contributed by atoms with E-state index in [1.165, 1.54) is 22.5 Å². The maximum Gasteiger partial charge on any atom is 0.417 e. The first-order chi connectivity index (χ1) is 12.9. The second-order valence-corrected chi connectivity index (χ2v) is 8.57. The minimum Gasteiger partial charge on any atom is -0.408 e. The fourth-order valence-electron chi connectivity index (χ4n) is 3.42. The number of hydrogen-bond donors (Lipinski definition) is 1. The van der Waals surface area contributed by atoms with Crippen molar-refractivity contribution in [3.63, 3.8) is 0 Å². The molecule has 4 rings (SSSR count). The van der Waals surface area contributed by atoms with Crippen molar-refractivity contribution in [2.45, 2.75) is 30.7 Å². The normalized spacial score (nSPS) is 18.2. The number of nitrogens with one attached hydrogen (secondary N) is 1. The van der Waals surface area contributed by atoms with Crippen LogP contribution in [0.4, 0.5) is 0 Å². The average molecular weight is 386 g/mol. The highest BCUT2D eigenvalue weighted by atomic mass is 32.2. The molecule has 0 spiro atoms. The molecule has 1 fully saturated rings. The van der Waals surface area contributed by atoms with E-state index in [1.807, 2.05) is 19.1 Å². The van der Waals surface area contributed by atoms with Crippen molar-refractivity contribution in [2.24, 2.45) is 0 Å². The number of sulfonamides is 1. The summed E-state index contributed by atoms with van der Waals surface area (Å²) in [6.07, 6.45) is 1.09. The van der Waals surface area contributed by atoms with Crippen molar-refractivity contribution < 1.29 is 17.6 Å². The summed E-state index contributed by atoms with van der Waals surface area (Å²) in [6, 6.07) is 10.6. The Balaban J connectivity index is 1.69. The minimum atomic E-state index is -3.89. The standard InChI is InChI=1S/C19H18N2O5S/c1-12-4-6-13(7-5-12)18(22)16-3-2-10-21(16)27(24,25)14-8-9-15-17(11-14)26-19(23)20-15/h4-9,11,16H,2-3,10H2,1H3,(H,20,23). The van der Waals surface area contributed by atoms with E-state index >= 15 is 0 Å². The summed E-state index contributed by atoms with van der Waals surface area (Å²) in [6.45, 7) is 2.20. The largest absolute Gasteiger partial charge is 0.417 e. The molecule has 0 bridgehead atoms. The van der Waals surface area contributed by atoms with Gasteiger partial charge in [-0.15, -0.1) is 0 Å². The fourth-order valence-corrected chi connectivity index (χ4v) is 5.09. The van der Waals surface area contributed by atoms with Gasteiger partial charge in [0, 0.05) is 18.2 Å². The first-order valence-electron chi connectivity index (χ1n) is 8.62. The molecule has 1 aromatic heterocycles. The van der Waals surface area contributed by atoms with Gasteiger partial charge in [0.1, 0.15) is 0 Å². The number of benzene rings is 2. The summed E-state index contributed by atoms with van der Waals surface area (Å²) in [4.78, 5) is 26.7. The van der Waals surface area contributed by atoms with Gasteiger partial charge in [-0.3, -0.25) is 9.78 Å². The number of hydrogen-bond acceptors (Lipinski definition) is 5. The van der Waals surface area contributed by atoms with Crippen LogP contribution in [0.25, 0.3) is 11.1 Å². The Bertz CT molecular complexity index is 1170. The summed E-state index contributed by atoms with van der Waals surface area (Å²) in [5, 5.41) is 0. The molecule has 0 amide bonds. The molecule has 1 aliphatic heterocycles. The van der Waals surface area contributed by atoms with Gasteiger partial charge in [0.05, 0.1) is 16.5 Å². The topological polar surface area (TPSA) is 100 Å². The SMILES string of the molecule is Cc1ccc(C(=O)C2CCCN2S(=O)(=O)c2ccc3[nH]c(=O)oc3c2)cc1. The van der Waals surface area contributed by atoms with Gasteiger partial charge in [0.25, 0.3) is 0 Å². The van der Waals surface area contributed by atoms with Crippen molar-refractivity contribution in [3.8, 4) is 0 Å². The van der Waals surface area contributed by atoms with Gasteiger partial charge in [-0.1, -0.05) is 29.8 Å². The average Bonchev–Trinajstić information content (AvgIpc) is 3.27. The minimum absolute atomic E-state index is 0.00126. The van der Waals surface area contributed by atoms with Gasteiger partial charge in [0.15, 0.2) is 11.4 Å². The molecule has 1 aliphatic rings. The number of carbonyl (C=O) groups excluding carboxylic acids is 1. The number of aryl methyl sites for hydroxylation is 1. The van der Waals surface area contributed by atoms with Crippen molar-refractivity contribution >= 4 is 26.9 Å². The Hall–Kier alpha value is -2.71. The summed E-state index contributed by atoms with van der Waals surface area (Å²) >= 11 is 0. The number of Topliss-reactive ketones (excluding diaryl/α,β-unsaturated/α-hetero) is 1. The highest BCUT2D eigenvalue weighted by molar-refractivity contribution is 7.89. The van der Waals surface area contributed by atoms with Crippen LogP contribution in [-0.2, 0) is 10.0 Å². The number of rotatable bonds is 4. The van der Waals surface area contributed by atoms with Crippen molar-refractivity contribution in [1.29, 1.82) is 0 Å². The second kappa shape index (κ2) is 6.47. The third kappa shape index (κ3) is 3.11. The second-order valence-electron chi connectivity index (χ2n) is 6.68. The lowest BCUT2D eigenvalue weighted by Gasteiger charge is -2.23. The molecule has 2 heterocycles. The predicted octanol–water partition coefficient (Wildman–Crippen LogP) is 2.47. The lowest BCUT2D eigenvalue weighted by atomic mass is 10.0. The van der Waals surface area contributed by atoms with Gasteiger partial charge in [-0.2, -0.15) is 4.31 Å². The van der Waals surface area contributed by atoms with E-state index in [-0.39, 0.29) is 22.8 Å². The van der Waals surface area contributed by atoms with Crippen LogP contribution in [0.3, 0.4) is 0 Å². The zero-order valence-corrected chi connectivity index (χ0v) is 15.5. The van der Waals surface area contributed by atoms with Crippen molar-refractivity contribution in [2.75, 3.05) is 6.54 Å². The summed E-state index contributed by atoms with van der Waals surface area (Å²) in [7, 11) is -3.89. The van der Waals surface area contributed by atoms with Gasteiger partial charge < -0.3 is 4.42 Å². The molecule has 7 nitrogen and oxygen atoms in total. The van der Waals surface area contributed by atoms with Crippen LogP contribution in [0.5, 0.6) is 0 Å². The molecular formula is C19H18N2O5S. The lowest BCUT2D eigenvalue weighted by Crippen LogP contribution is -2.40. The Kier molecular flexibility index (Phi) is 4.24. The first kappa shape index (κ1) is 17.7. The molecule has 3 aromatic rings. The molecule has 2 aromatic carbocycles. The zero-order valence-electron chi connectivity index (χ0n) is 14.6. The van der Waals surface area contributed by atoms with Crippen molar-refractivity contribution in [1.82, 2.24) is 9.29 Å². The summed E-state index contributed by atoms with van der Waals surface area (Å²) in [5.41, 5.74) is 2.12. The molecular weight excluding hydrogens is 368 g/mol. The smallest absolute Gasteiger partial charge is 0.408 e. The fraction of sp³-hybridized carbons (Fsp3) is 0.263. The Morgan fingerprint density at radius 2 is 1.93 bits per heavy atom. The number of aromatic nitrogens is 1. The molecule has 140 valence electrons. The van der Waals surface area contributed by atoms with E-state index in [9.17, 15) is 18.0 Å². The Morgan fingerprint density at radius 1 is 1.19 bits per heavy atom. The highest BCUT2D eigenvalue weighted by Crippen LogP contribution is 2.29. The Morgan fingerprint density at radius 3 is 2.67 bits per heavy atom. The Labute approximate surface area is 155 Å². The number of ketones is 1. The van der Waals surface area contributed by atoms with Crippen LogP contribution in [0.2, 0.25) is 0 Å². The van der Waals surface area contributed by atoms with E-state index < -0.39 is 21.8 Å². The van der Waals surface area contributed by atoms with Crippen LogP contribution in [0.15, 0.2) is 56.6 Å². The molecule has 0 aliphatic carbocycles. The van der Waals surface area contributed by atoms with Crippen LogP contribution in [0, 0.1) is 6.92 Å². The van der Waals surface area contributed by atoms with Gasteiger partial charge in [0.2, 0.25) is 10.0 Å². The third-order valence-corrected chi connectivity index (χ3v) is 6.75. The van der Waals surface area contributed by atoms with Crippen LogP contribution in [0.1, 0.15) is 28.8 Å². The van der Waals surface area contributed by atoms with Crippen LogP contribution >= 0.6 is 0 Å². The quantitative estimate of drug-likeness (QED) is 0.694. The number of carbonyl (C=O) groups is 1. The van der Waals surface area contributed by atoms with Gasteiger partial charge in [-0.25, -0.2) is 13.2 Å². The lowest BCUT2D eigenvalue weighted by molar-refractivity contribution is 0.0918. The van der Waals surface area contributed by atoms with Gasteiger partial charge in [-0.05, 0) is 31.9 Å². The number of H-pyrrole nitrogens is 1. The maximum absolute atomic E-state index is 13.1. The molecule has 1 saturated heterocycles. The van der Waals surface area contributed by atoms with Gasteiger partial charge >= 0.3 is 5.76 Å². The molecule has 1 N–H and O–H groups in total. The van der Waals surface area contributed by atoms with E-state index in [0.717, 1.165) is 5.56 Å². The highest BCUT2D eigenvalue weighted by Gasteiger charge is 2.39. The van der Waals surface area contributed by atoms with E-state index in [2.05, 4.69) is 4.98 Å².